The lowest BCUT2D eigenvalue weighted by Crippen LogP contribution is -2.19. The van der Waals surface area contributed by atoms with Crippen LogP contribution < -0.4 is 5.32 Å². The lowest BCUT2D eigenvalue weighted by molar-refractivity contribution is -0.384. The van der Waals surface area contributed by atoms with Crippen LogP contribution in [-0.4, -0.2) is 27.1 Å². The molecule has 152 valence electrons. The van der Waals surface area contributed by atoms with Crippen molar-refractivity contribution in [3.8, 4) is 0 Å². The maximum Gasteiger partial charge on any atom is 0.288 e. The van der Waals surface area contributed by atoms with Crippen molar-refractivity contribution in [1.29, 1.82) is 0 Å². The first-order valence-electron chi connectivity index (χ1n) is 7.94. The van der Waals surface area contributed by atoms with Gasteiger partial charge in [-0.1, -0.05) is 35.3 Å². The highest BCUT2D eigenvalue weighted by Gasteiger charge is 2.24. The number of rotatable bonds is 5. The van der Waals surface area contributed by atoms with Gasteiger partial charge in [-0.05, 0) is 35.5 Å². The Balaban J connectivity index is 1.76. The molecule has 1 amide bonds. The van der Waals surface area contributed by atoms with Gasteiger partial charge in [0, 0.05) is 17.7 Å². The quantitative estimate of drug-likeness (QED) is 0.300. The van der Waals surface area contributed by atoms with Crippen LogP contribution in [0.4, 0.5) is 11.4 Å². The van der Waals surface area contributed by atoms with Crippen molar-refractivity contribution >= 4 is 69.7 Å². The van der Waals surface area contributed by atoms with Gasteiger partial charge < -0.3 is 0 Å². The van der Waals surface area contributed by atoms with E-state index in [1.165, 1.54) is 48.7 Å². The molecule has 1 fully saturated rings. The van der Waals surface area contributed by atoms with Crippen LogP contribution in [0.15, 0.2) is 51.5 Å². The van der Waals surface area contributed by atoms with E-state index >= 15 is 0 Å². The number of benzene rings is 2. The molecule has 1 aliphatic heterocycles. The van der Waals surface area contributed by atoms with Crippen LogP contribution in [-0.2, 0) is 4.79 Å². The third kappa shape index (κ3) is 5.00. The monoisotopic (exact) mass is 465 g/mol. The van der Waals surface area contributed by atoms with Crippen LogP contribution in [0.1, 0.15) is 11.1 Å². The second-order valence-corrected chi connectivity index (χ2v) is 7.50. The average Bonchev–Trinajstić information content (AvgIpc) is 3.03. The number of carbonyl (C=O) groups is 1. The molecule has 0 atom stereocenters. The molecule has 0 radical (unpaired) electrons. The number of nitro benzene ring substituents is 2. The molecule has 1 saturated heterocycles. The second-order valence-electron chi connectivity index (χ2n) is 5.65. The molecule has 0 aliphatic carbocycles. The van der Waals surface area contributed by atoms with Gasteiger partial charge in [0.25, 0.3) is 17.3 Å². The Morgan fingerprint density at radius 2 is 1.53 bits per heavy atom. The van der Waals surface area contributed by atoms with Crippen molar-refractivity contribution in [2.75, 3.05) is 0 Å². The van der Waals surface area contributed by atoms with Gasteiger partial charge in [-0.25, -0.2) is 0 Å². The van der Waals surface area contributed by atoms with Gasteiger partial charge in [0.15, 0.2) is 5.17 Å². The molecule has 13 heteroatoms. The number of amides is 1. The SMILES string of the molecule is O=C1N/C(=N\N=Cc2ccc(Cl)c([N+](=O)[O-])c2)SC1=Cc1ccc(Cl)c([N+](=O)[O-])c1. The van der Waals surface area contributed by atoms with Crippen molar-refractivity contribution in [2.24, 2.45) is 10.2 Å². The van der Waals surface area contributed by atoms with Gasteiger partial charge in [-0.2, -0.15) is 5.10 Å². The van der Waals surface area contributed by atoms with Gasteiger partial charge in [0.05, 0.1) is 21.0 Å². The Morgan fingerprint density at radius 1 is 0.967 bits per heavy atom. The van der Waals surface area contributed by atoms with Crippen LogP contribution >= 0.6 is 35.0 Å². The zero-order valence-corrected chi connectivity index (χ0v) is 16.9. The van der Waals surface area contributed by atoms with Gasteiger partial charge >= 0.3 is 0 Å². The molecule has 0 bridgehead atoms. The van der Waals surface area contributed by atoms with Crippen LogP contribution in [0.2, 0.25) is 10.0 Å². The fourth-order valence-electron chi connectivity index (χ4n) is 2.28. The predicted molar refractivity (Wildman–Crippen MR) is 115 cm³/mol. The minimum Gasteiger partial charge on any atom is -0.299 e. The highest BCUT2D eigenvalue weighted by Crippen LogP contribution is 2.30. The molecule has 30 heavy (non-hydrogen) atoms. The van der Waals surface area contributed by atoms with Crippen molar-refractivity contribution in [1.82, 2.24) is 5.32 Å². The molecule has 10 nitrogen and oxygen atoms in total. The maximum absolute atomic E-state index is 12.1. The smallest absolute Gasteiger partial charge is 0.288 e. The molecule has 3 rings (SSSR count). The molecule has 0 spiro atoms. The topological polar surface area (TPSA) is 140 Å². The zero-order valence-electron chi connectivity index (χ0n) is 14.6. The Bertz CT molecular complexity index is 1170. The zero-order chi connectivity index (χ0) is 21.8. The van der Waals surface area contributed by atoms with Crippen molar-refractivity contribution in [3.63, 3.8) is 0 Å². The van der Waals surface area contributed by atoms with Gasteiger partial charge in [0.1, 0.15) is 10.0 Å². The molecule has 0 aromatic heterocycles. The molecule has 2 aromatic carbocycles. The van der Waals surface area contributed by atoms with Gasteiger partial charge in [-0.15, -0.1) is 5.10 Å². The van der Waals surface area contributed by atoms with Crippen molar-refractivity contribution < 1.29 is 14.6 Å². The fraction of sp³-hybridized carbons (Fsp3) is 0. The number of amidine groups is 1. The summed E-state index contributed by atoms with van der Waals surface area (Å²) in [6, 6.07) is 8.30. The lowest BCUT2D eigenvalue weighted by Gasteiger charge is -1.98. The summed E-state index contributed by atoms with van der Waals surface area (Å²) in [5, 5.41) is 32.2. The summed E-state index contributed by atoms with van der Waals surface area (Å²) in [4.78, 5) is 33.0. The standard InChI is InChI=1S/C17H9Cl2N5O5S/c18-11-3-1-9(5-13(11)23(26)27)7-15-16(25)21-17(30-15)22-20-8-10-2-4-12(19)14(6-10)24(28)29/h1-8H,(H,21,22,25). The minimum absolute atomic E-state index is 0.000657. The van der Waals surface area contributed by atoms with Crippen LogP contribution in [0.25, 0.3) is 6.08 Å². The van der Waals surface area contributed by atoms with Gasteiger partial charge in [-0.3, -0.25) is 30.3 Å². The van der Waals surface area contributed by atoms with Crippen LogP contribution in [0.3, 0.4) is 0 Å². The highest BCUT2D eigenvalue weighted by molar-refractivity contribution is 8.18. The van der Waals surface area contributed by atoms with E-state index in [-0.39, 0.29) is 31.5 Å². The van der Waals surface area contributed by atoms with E-state index in [1.54, 1.807) is 0 Å². The van der Waals surface area contributed by atoms with E-state index in [0.29, 0.717) is 11.1 Å². The Labute approximate surface area is 182 Å². The normalized spacial score (nSPS) is 16.4. The molecule has 1 heterocycles. The molecule has 0 unspecified atom stereocenters. The first-order chi connectivity index (χ1) is 14.2. The van der Waals surface area contributed by atoms with Crippen LogP contribution in [0, 0.1) is 20.2 Å². The summed E-state index contributed by atoms with van der Waals surface area (Å²) in [5.74, 6) is -0.450. The second kappa shape index (κ2) is 9.03. The highest BCUT2D eigenvalue weighted by atomic mass is 35.5. The van der Waals surface area contributed by atoms with E-state index in [2.05, 4.69) is 15.5 Å². The van der Waals surface area contributed by atoms with Crippen molar-refractivity contribution in [3.05, 3.63) is 82.7 Å². The predicted octanol–water partition coefficient (Wildman–Crippen LogP) is 4.40. The lowest BCUT2D eigenvalue weighted by atomic mass is 10.2. The number of nitro groups is 2. The number of hydrogen-bond acceptors (Lipinski definition) is 8. The summed E-state index contributed by atoms with van der Waals surface area (Å²) < 4.78 is 0. The first-order valence-corrected chi connectivity index (χ1v) is 9.51. The summed E-state index contributed by atoms with van der Waals surface area (Å²) in [7, 11) is 0. The third-order valence-electron chi connectivity index (χ3n) is 3.64. The first kappa shape index (κ1) is 21.4. The fourth-order valence-corrected chi connectivity index (χ4v) is 3.44. The summed E-state index contributed by atoms with van der Waals surface area (Å²) >= 11 is 12.5. The summed E-state index contributed by atoms with van der Waals surface area (Å²) in [6.07, 6.45) is 2.73. The molecule has 1 N–H and O–H groups in total. The third-order valence-corrected chi connectivity index (χ3v) is 5.18. The summed E-state index contributed by atoms with van der Waals surface area (Å²) in [6.45, 7) is 0. The van der Waals surface area contributed by atoms with Crippen molar-refractivity contribution in [2.45, 2.75) is 0 Å². The molecule has 1 aliphatic rings. The molecule has 0 saturated carbocycles. The molecular weight excluding hydrogens is 457 g/mol. The Kier molecular flexibility index (Phi) is 6.45. The molecular formula is C17H9Cl2N5O5S. The number of carbonyl (C=O) groups excluding carboxylic acids is 1. The largest absolute Gasteiger partial charge is 0.299 e. The van der Waals surface area contributed by atoms with Gasteiger partial charge in [0.2, 0.25) is 0 Å². The Morgan fingerprint density at radius 3 is 2.13 bits per heavy atom. The molecule has 2 aromatic rings. The summed E-state index contributed by atoms with van der Waals surface area (Å²) in [5.41, 5.74) is 0.278. The van der Waals surface area contributed by atoms with E-state index in [4.69, 9.17) is 23.2 Å². The number of nitrogens with one attached hydrogen (secondary N) is 1. The average molecular weight is 466 g/mol. The number of nitrogens with zero attached hydrogens (tertiary/aromatic N) is 4. The van der Waals surface area contributed by atoms with Crippen LogP contribution in [0.5, 0.6) is 0 Å². The Hall–Kier alpha value is -3.28. The van der Waals surface area contributed by atoms with E-state index in [9.17, 15) is 25.0 Å². The number of thioether (sulfide) groups is 1. The number of hydrogen-bond donors (Lipinski definition) is 1. The minimum atomic E-state index is -0.616. The maximum atomic E-state index is 12.1. The number of halogens is 2. The van der Waals surface area contributed by atoms with E-state index in [0.717, 1.165) is 11.8 Å². The van der Waals surface area contributed by atoms with E-state index in [1.807, 2.05) is 0 Å². The van der Waals surface area contributed by atoms with E-state index < -0.39 is 15.8 Å².